The zero-order valence-corrected chi connectivity index (χ0v) is 12.5. The standard InChI is InChI=1S/C13H18N2O4S/c1-10(16)8-9-14-13(17)11-4-6-12(7-5-11)20(18,19)15(2)3/h4-7H,8-9H2,1-3H3,(H,14,17). The molecule has 0 radical (unpaired) electrons. The van der Waals surface area contributed by atoms with Crippen LogP contribution in [0.25, 0.3) is 0 Å². The van der Waals surface area contributed by atoms with E-state index in [-0.39, 0.29) is 29.6 Å². The van der Waals surface area contributed by atoms with Crippen LogP contribution in [0.3, 0.4) is 0 Å². The molecule has 0 aliphatic rings. The van der Waals surface area contributed by atoms with E-state index in [1.807, 2.05) is 0 Å². The molecule has 0 atom stereocenters. The average molecular weight is 298 g/mol. The molecule has 1 aromatic carbocycles. The van der Waals surface area contributed by atoms with Gasteiger partial charge in [0.2, 0.25) is 10.0 Å². The molecule has 0 aliphatic carbocycles. The van der Waals surface area contributed by atoms with Crippen LogP contribution in [0, 0.1) is 0 Å². The minimum Gasteiger partial charge on any atom is -0.352 e. The fourth-order valence-electron chi connectivity index (χ4n) is 1.44. The van der Waals surface area contributed by atoms with Crippen molar-refractivity contribution in [3.8, 4) is 0 Å². The fourth-order valence-corrected chi connectivity index (χ4v) is 2.34. The van der Waals surface area contributed by atoms with E-state index < -0.39 is 10.0 Å². The maximum absolute atomic E-state index is 11.8. The third-order valence-corrected chi connectivity index (χ3v) is 4.49. The number of amides is 1. The molecule has 1 aromatic rings. The van der Waals surface area contributed by atoms with Crippen molar-refractivity contribution in [3.05, 3.63) is 29.8 Å². The van der Waals surface area contributed by atoms with E-state index in [0.717, 1.165) is 4.31 Å². The van der Waals surface area contributed by atoms with Crippen molar-refractivity contribution in [2.24, 2.45) is 0 Å². The fraction of sp³-hybridized carbons (Fsp3) is 0.385. The maximum Gasteiger partial charge on any atom is 0.251 e. The largest absolute Gasteiger partial charge is 0.352 e. The molecule has 0 aliphatic heterocycles. The molecule has 7 heteroatoms. The number of nitrogens with zero attached hydrogens (tertiary/aromatic N) is 1. The van der Waals surface area contributed by atoms with Gasteiger partial charge in [-0.05, 0) is 31.2 Å². The van der Waals surface area contributed by atoms with E-state index in [0.29, 0.717) is 5.56 Å². The second kappa shape index (κ2) is 6.62. The van der Waals surface area contributed by atoms with Crippen LogP contribution in [0.2, 0.25) is 0 Å². The Morgan fingerprint density at radius 3 is 2.15 bits per heavy atom. The Bertz CT molecular complexity index is 591. The second-order valence-corrected chi connectivity index (χ2v) is 6.67. The van der Waals surface area contributed by atoms with Crippen LogP contribution in [0.15, 0.2) is 29.2 Å². The zero-order chi connectivity index (χ0) is 15.3. The molecular formula is C13H18N2O4S. The van der Waals surface area contributed by atoms with Crippen LogP contribution in [-0.4, -0.2) is 45.1 Å². The van der Waals surface area contributed by atoms with Gasteiger partial charge >= 0.3 is 0 Å². The van der Waals surface area contributed by atoms with E-state index in [2.05, 4.69) is 5.32 Å². The maximum atomic E-state index is 11.8. The Balaban J connectivity index is 2.77. The quantitative estimate of drug-likeness (QED) is 0.835. The van der Waals surface area contributed by atoms with Crippen molar-refractivity contribution in [2.75, 3.05) is 20.6 Å². The number of hydrogen-bond donors (Lipinski definition) is 1. The molecule has 0 saturated heterocycles. The number of carbonyl (C=O) groups excluding carboxylic acids is 2. The van der Waals surface area contributed by atoms with Gasteiger partial charge in [0.25, 0.3) is 5.91 Å². The molecular weight excluding hydrogens is 280 g/mol. The van der Waals surface area contributed by atoms with Gasteiger partial charge in [-0.2, -0.15) is 0 Å². The van der Waals surface area contributed by atoms with Crippen molar-refractivity contribution in [1.82, 2.24) is 9.62 Å². The lowest BCUT2D eigenvalue weighted by Gasteiger charge is -2.11. The lowest BCUT2D eigenvalue weighted by atomic mass is 10.2. The molecule has 1 N–H and O–H groups in total. The third kappa shape index (κ3) is 4.14. The molecule has 0 heterocycles. The number of hydrogen-bond acceptors (Lipinski definition) is 4. The first-order valence-corrected chi connectivity index (χ1v) is 7.49. The minimum atomic E-state index is -3.49. The van der Waals surface area contributed by atoms with Gasteiger partial charge < -0.3 is 5.32 Å². The molecule has 0 spiro atoms. The first-order valence-electron chi connectivity index (χ1n) is 6.05. The first kappa shape index (κ1) is 16.3. The number of ketones is 1. The number of nitrogens with one attached hydrogen (secondary N) is 1. The van der Waals surface area contributed by atoms with E-state index in [4.69, 9.17) is 0 Å². The van der Waals surface area contributed by atoms with Crippen molar-refractivity contribution < 1.29 is 18.0 Å². The monoisotopic (exact) mass is 298 g/mol. The Kier molecular flexibility index (Phi) is 5.41. The summed E-state index contributed by atoms with van der Waals surface area (Å²) in [6, 6.07) is 5.66. The van der Waals surface area contributed by atoms with Crippen molar-refractivity contribution in [3.63, 3.8) is 0 Å². The van der Waals surface area contributed by atoms with Crippen LogP contribution in [0.1, 0.15) is 23.7 Å². The zero-order valence-electron chi connectivity index (χ0n) is 11.7. The summed E-state index contributed by atoms with van der Waals surface area (Å²) in [6.07, 6.45) is 0.277. The average Bonchev–Trinajstić information content (AvgIpc) is 2.38. The van der Waals surface area contributed by atoms with Crippen molar-refractivity contribution >= 4 is 21.7 Å². The van der Waals surface area contributed by atoms with E-state index in [1.165, 1.54) is 45.3 Å². The van der Waals surface area contributed by atoms with Gasteiger partial charge in [-0.1, -0.05) is 0 Å². The van der Waals surface area contributed by atoms with Gasteiger partial charge in [0.05, 0.1) is 4.90 Å². The Morgan fingerprint density at radius 2 is 1.70 bits per heavy atom. The van der Waals surface area contributed by atoms with Gasteiger partial charge in [0.1, 0.15) is 5.78 Å². The molecule has 1 amide bonds. The van der Waals surface area contributed by atoms with Gasteiger partial charge in [-0.3, -0.25) is 9.59 Å². The molecule has 0 fully saturated rings. The third-order valence-electron chi connectivity index (χ3n) is 2.66. The van der Waals surface area contributed by atoms with E-state index >= 15 is 0 Å². The van der Waals surface area contributed by atoms with Crippen LogP contribution < -0.4 is 5.32 Å². The van der Waals surface area contributed by atoms with Gasteiger partial charge in [-0.15, -0.1) is 0 Å². The highest BCUT2D eigenvalue weighted by Gasteiger charge is 2.17. The normalized spacial score (nSPS) is 11.4. The Morgan fingerprint density at radius 1 is 1.15 bits per heavy atom. The number of rotatable bonds is 6. The second-order valence-electron chi connectivity index (χ2n) is 4.52. The summed E-state index contributed by atoms with van der Waals surface area (Å²) >= 11 is 0. The minimum absolute atomic E-state index is 0.00211. The van der Waals surface area contributed by atoms with Gasteiger partial charge in [0.15, 0.2) is 0 Å². The predicted octanol–water partition coefficient (Wildman–Crippen LogP) is 0.646. The molecule has 110 valence electrons. The highest BCUT2D eigenvalue weighted by Crippen LogP contribution is 2.13. The van der Waals surface area contributed by atoms with Crippen LogP contribution >= 0.6 is 0 Å². The van der Waals surface area contributed by atoms with Crippen molar-refractivity contribution in [1.29, 1.82) is 0 Å². The Hall–Kier alpha value is -1.73. The van der Waals surface area contributed by atoms with Crippen molar-refractivity contribution in [2.45, 2.75) is 18.2 Å². The van der Waals surface area contributed by atoms with Crippen LogP contribution in [-0.2, 0) is 14.8 Å². The summed E-state index contributed by atoms with van der Waals surface area (Å²) in [5.74, 6) is -0.335. The lowest BCUT2D eigenvalue weighted by Crippen LogP contribution is -2.26. The number of benzene rings is 1. The van der Waals surface area contributed by atoms with E-state index in [1.54, 1.807) is 0 Å². The summed E-state index contributed by atoms with van der Waals surface area (Å²) in [4.78, 5) is 22.6. The topological polar surface area (TPSA) is 83.5 Å². The first-order chi connectivity index (χ1) is 9.25. The van der Waals surface area contributed by atoms with Gasteiger partial charge in [0, 0.05) is 32.6 Å². The highest BCUT2D eigenvalue weighted by molar-refractivity contribution is 7.89. The predicted molar refractivity (Wildman–Crippen MR) is 74.9 cm³/mol. The SMILES string of the molecule is CC(=O)CCNC(=O)c1ccc(S(=O)(=O)N(C)C)cc1. The molecule has 0 unspecified atom stereocenters. The number of carbonyl (C=O) groups is 2. The summed E-state index contributed by atoms with van der Waals surface area (Å²) in [5, 5.41) is 2.59. The summed E-state index contributed by atoms with van der Waals surface area (Å²) < 4.78 is 24.8. The molecule has 0 aromatic heterocycles. The molecule has 0 saturated carbocycles. The van der Waals surface area contributed by atoms with Crippen LogP contribution in [0.5, 0.6) is 0 Å². The van der Waals surface area contributed by atoms with E-state index in [9.17, 15) is 18.0 Å². The molecule has 0 bridgehead atoms. The van der Waals surface area contributed by atoms with Crippen LogP contribution in [0.4, 0.5) is 0 Å². The summed E-state index contributed by atoms with van der Waals surface area (Å²) in [7, 11) is -0.606. The molecule has 20 heavy (non-hydrogen) atoms. The highest BCUT2D eigenvalue weighted by atomic mass is 32.2. The smallest absolute Gasteiger partial charge is 0.251 e. The molecule has 1 rings (SSSR count). The number of sulfonamides is 1. The number of Topliss-reactive ketones (excluding diaryl/α,β-unsaturated/α-hetero) is 1. The summed E-state index contributed by atoms with van der Waals surface area (Å²) in [6.45, 7) is 1.72. The Labute approximate surface area is 118 Å². The lowest BCUT2D eigenvalue weighted by molar-refractivity contribution is -0.116. The van der Waals surface area contributed by atoms with Gasteiger partial charge in [-0.25, -0.2) is 12.7 Å². The summed E-state index contributed by atoms with van der Waals surface area (Å²) in [5.41, 5.74) is 0.353. The molecule has 6 nitrogen and oxygen atoms in total.